The molecule has 0 spiro atoms. The van der Waals surface area contributed by atoms with Crippen molar-refractivity contribution in [1.82, 2.24) is 0 Å². The Labute approximate surface area is 111 Å². The molecule has 92 valence electrons. The third-order valence-corrected chi connectivity index (χ3v) is 2.90. The Morgan fingerprint density at radius 1 is 1.17 bits per heavy atom. The number of hydrogen-bond donors (Lipinski definition) is 1. The van der Waals surface area contributed by atoms with E-state index in [4.69, 9.17) is 5.73 Å². The van der Waals surface area contributed by atoms with E-state index in [-0.39, 0.29) is 11.1 Å². The van der Waals surface area contributed by atoms with Gasteiger partial charge in [0.05, 0.1) is 0 Å². The summed E-state index contributed by atoms with van der Waals surface area (Å²) in [6, 6.07) is 8.40. The van der Waals surface area contributed by atoms with Gasteiger partial charge in [-0.05, 0) is 29.8 Å². The van der Waals surface area contributed by atoms with E-state index in [0.717, 1.165) is 6.07 Å². The molecule has 0 aliphatic heterocycles. The maximum absolute atomic E-state index is 13.6. The van der Waals surface area contributed by atoms with E-state index in [1.807, 2.05) is 0 Å². The summed E-state index contributed by atoms with van der Waals surface area (Å²) in [4.78, 5) is 11.1. The molecule has 0 fully saturated rings. The van der Waals surface area contributed by atoms with Crippen molar-refractivity contribution in [2.45, 2.75) is 0 Å². The lowest BCUT2D eigenvalue weighted by Gasteiger charge is -2.06. The largest absolute Gasteiger partial charge is 0.366 e. The number of amides is 1. The molecule has 0 aliphatic rings. The summed E-state index contributed by atoms with van der Waals surface area (Å²) >= 11 is 3.20. The van der Waals surface area contributed by atoms with Crippen LogP contribution >= 0.6 is 15.9 Å². The lowest BCUT2D eigenvalue weighted by atomic mass is 10.0. The maximum Gasteiger partial charge on any atom is 0.248 e. The molecule has 0 atom stereocenters. The molecule has 0 aliphatic carbocycles. The lowest BCUT2D eigenvalue weighted by molar-refractivity contribution is 0.100. The monoisotopic (exact) mass is 311 g/mol. The number of benzene rings is 2. The molecule has 5 heteroatoms. The number of rotatable bonds is 2. The van der Waals surface area contributed by atoms with Crippen LogP contribution in [0.25, 0.3) is 11.1 Å². The fourth-order valence-electron chi connectivity index (χ4n) is 1.61. The van der Waals surface area contributed by atoms with Crippen LogP contribution in [0.1, 0.15) is 10.4 Å². The van der Waals surface area contributed by atoms with Gasteiger partial charge in [-0.15, -0.1) is 0 Å². The summed E-state index contributed by atoms with van der Waals surface area (Å²) in [6.45, 7) is 0. The van der Waals surface area contributed by atoms with Crippen molar-refractivity contribution in [2.75, 3.05) is 0 Å². The molecule has 0 saturated carbocycles. The van der Waals surface area contributed by atoms with Crippen LogP contribution in [0.3, 0.4) is 0 Å². The highest BCUT2D eigenvalue weighted by atomic mass is 79.9. The molecule has 0 unspecified atom stereocenters. The molecule has 2 aromatic rings. The van der Waals surface area contributed by atoms with E-state index in [9.17, 15) is 13.6 Å². The average Bonchev–Trinajstić information content (AvgIpc) is 2.31. The normalized spacial score (nSPS) is 10.4. The minimum absolute atomic E-state index is 0.0822. The Morgan fingerprint density at radius 3 is 2.56 bits per heavy atom. The van der Waals surface area contributed by atoms with Gasteiger partial charge in [0.15, 0.2) is 11.6 Å². The predicted molar refractivity (Wildman–Crippen MR) is 68.0 cm³/mol. The summed E-state index contributed by atoms with van der Waals surface area (Å²) in [5.41, 5.74) is 5.86. The SMILES string of the molecule is NC(=O)c1cc(Br)cc(-c2cccc(F)c2F)c1. The second-order valence-electron chi connectivity index (χ2n) is 3.69. The Balaban J connectivity index is 2.64. The Hall–Kier alpha value is -1.75. The minimum Gasteiger partial charge on any atom is -0.366 e. The van der Waals surface area contributed by atoms with E-state index in [2.05, 4.69) is 15.9 Å². The highest BCUT2D eigenvalue weighted by Gasteiger charge is 2.12. The molecule has 2 nitrogen and oxygen atoms in total. The summed E-state index contributed by atoms with van der Waals surface area (Å²) < 4.78 is 27.4. The number of carbonyl (C=O) groups is 1. The smallest absolute Gasteiger partial charge is 0.248 e. The molecule has 18 heavy (non-hydrogen) atoms. The second kappa shape index (κ2) is 4.86. The average molecular weight is 312 g/mol. The predicted octanol–water partition coefficient (Wildman–Crippen LogP) is 3.49. The first-order valence-corrected chi connectivity index (χ1v) is 5.83. The first-order valence-electron chi connectivity index (χ1n) is 5.04. The van der Waals surface area contributed by atoms with Crippen molar-refractivity contribution < 1.29 is 13.6 Å². The molecule has 2 rings (SSSR count). The molecule has 1 amide bonds. The summed E-state index contributed by atoms with van der Waals surface area (Å²) in [6.07, 6.45) is 0. The topological polar surface area (TPSA) is 43.1 Å². The van der Waals surface area contributed by atoms with Crippen LogP contribution in [0.15, 0.2) is 40.9 Å². The van der Waals surface area contributed by atoms with Gasteiger partial charge in [-0.25, -0.2) is 8.78 Å². The van der Waals surface area contributed by atoms with Crippen molar-refractivity contribution in [3.05, 3.63) is 58.1 Å². The van der Waals surface area contributed by atoms with E-state index in [1.54, 1.807) is 6.07 Å². The van der Waals surface area contributed by atoms with E-state index in [1.165, 1.54) is 24.3 Å². The van der Waals surface area contributed by atoms with Crippen LogP contribution in [0.5, 0.6) is 0 Å². The first kappa shape index (κ1) is 12.7. The number of halogens is 3. The van der Waals surface area contributed by atoms with Crippen LogP contribution in [0.4, 0.5) is 8.78 Å². The van der Waals surface area contributed by atoms with Crippen LogP contribution in [0.2, 0.25) is 0 Å². The van der Waals surface area contributed by atoms with Crippen molar-refractivity contribution >= 4 is 21.8 Å². The Kier molecular flexibility index (Phi) is 3.43. The minimum atomic E-state index is -0.953. The van der Waals surface area contributed by atoms with Gasteiger partial charge in [0.1, 0.15) is 0 Å². The van der Waals surface area contributed by atoms with Gasteiger partial charge in [0.2, 0.25) is 5.91 Å². The van der Waals surface area contributed by atoms with Gasteiger partial charge < -0.3 is 5.73 Å². The molecule has 0 bridgehead atoms. The van der Waals surface area contributed by atoms with Gasteiger partial charge in [-0.1, -0.05) is 28.1 Å². The van der Waals surface area contributed by atoms with Crippen LogP contribution < -0.4 is 5.73 Å². The summed E-state index contributed by atoms with van der Waals surface area (Å²) in [5, 5.41) is 0. The standard InChI is InChI=1S/C13H8BrF2NO/c14-9-5-7(4-8(6-9)13(17)18)10-2-1-3-11(15)12(10)16/h1-6H,(H2,17,18). The number of carbonyl (C=O) groups excluding carboxylic acids is 1. The zero-order chi connectivity index (χ0) is 13.3. The van der Waals surface area contributed by atoms with Crippen LogP contribution in [-0.2, 0) is 0 Å². The number of primary amides is 1. The summed E-state index contributed by atoms with van der Waals surface area (Å²) in [5.74, 6) is -2.52. The van der Waals surface area contributed by atoms with E-state index >= 15 is 0 Å². The van der Waals surface area contributed by atoms with Gasteiger partial charge in [0, 0.05) is 15.6 Å². The van der Waals surface area contributed by atoms with Crippen molar-refractivity contribution in [2.24, 2.45) is 5.73 Å². The van der Waals surface area contributed by atoms with Crippen LogP contribution in [-0.4, -0.2) is 5.91 Å². The molecule has 0 heterocycles. The molecular weight excluding hydrogens is 304 g/mol. The van der Waals surface area contributed by atoms with Crippen molar-refractivity contribution in [3.8, 4) is 11.1 Å². The fourth-order valence-corrected chi connectivity index (χ4v) is 2.11. The van der Waals surface area contributed by atoms with E-state index < -0.39 is 17.5 Å². The molecule has 2 aromatic carbocycles. The Bertz CT molecular complexity index is 628. The second-order valence-corrected chi connectivity index (χ2v) is 4.61. The zero-order valence-corrected chi connectivity index (χ0v) is 10.7. The maximum atomic E-state index is 13.6. The molecule has 0 aromatic heterocycles. The highest BCUT2D eigenvalue weighted by molar-refractivity contribution is 9.10. The van der Waals surface area contributed by atoms with Gasteiger partial charge in [-0.2, -0.15) is 0 Å². The Morgan fingerprint density at radius 2 is 1.89 bits per heavy atom. The lowest BCUT2D eigenvalue weighted by Crippen LogP contribution is -2.10. The van der Waals surface area contributed by atoms with Crippen LogP contribution in [0, 0.1) is 11.6 Å². The zero-order valence-electron chi connectivity index (χ0n) is 9.08. The van der Waals surface area contributed by atoms with Gasteiger partial charge in [0.25, 0.3) is 0 Å². The number of nitrogens with two attached hydrogens (primary N) is 1. The first-order chi connectivity index (χ1) is 8.49. The van der Waals surface area contributed by atoms with Crippen molar-refractivity contribution in [1.29, 1.82) is 0 Å². The van der Waals surface area contributed by atoms with Gasteiger partial charge >= 0.3 is 0 Å². The highest BCUT2D eigenvalue weighted by Crippen LogP contribution is 2.28. The third-order valence-electron chi connectivity index (χ3n) is 2.44. The molecular formula is C13H8BrF2NO. The third kappa shape index (κ3) is 2.41. The van der Waals surface area contributed by atoms with Gasteiger partial charge in [-0.3, -0.25) is 4.79 Å². The van der Waals surface area contributed by atoms with E-state index in [0.29, 0.717) is 10.0 Å². The van der Waals surface area contributed by atoms with Crippen molar-refractivity contribution in [3.63, 3.8) is 0 Å². The molecule has 0 saturated heterocycles. The molecule has 2 N–H and O–H groups in total. The molecule has 0 radical (unpaired) electrons. The number of hydrogen-bond acceptors (Lipinski definition) is 1. The quantitative estimate of drug-likeness (QED) is 0.906. The summed E-state index contributed by atoms with van der Waals surface area (Å²) in [7, 11) is 0. The fraction of sp³-hybridized carbons (Fsp3) is 0.